The molecule has 0 bridgehead atoms. The number of benzene rings is 2. The monoisotopic (exact) mass is 349 g/mol. The highest BCUT2D eigenvalue weighted by molar-refractivity contribution is 5.91. The third-order valence-corrected chi connectivity index (χ3v) is 4.86. The van der Waals surface area contributed by atoms with Gasteiger partial charge in [-0.15, -0.1) is 0 Å². The van der Waals surface area contributed by atoms with Gasteiger partial charge < -0.3 is 5.32 Å². The number of carbonyl (C=O) groups is 1. The van der Waals surface area contributed by atoms with Crippen LogP contribution in [0, 0.1) is 0 Å². The zero-order chi connectivity index (χ0) is 18.1. The van der Waals surface area contributed by atoms with Crippen LogP contribution in [0.25, 0.3) is 10.8 Å². The van der Waals surface area contributed by atoms with Crippen LogP contribution in [0.3, 0.4) is 0 Å². The number of hydrogen-bond acceptors (Lipinski definition) is 3. The maximum atomic E-state index is 12.5. The van der Waals surface area contributed by atoms with Gasteiger partial charge in [0, 0.05) is 5.69 Å². The summed E-state index contributed by atoms with van der Waals surface area (Å²) in [4.78, 5) is 37.1. The predicted molar refractivity (Wildman–Crippen MR) is 101 cm³/mol. The van der Waals surface area contributed by atoms with Gasteiger partial charge in [0.1, 0.15) is 6.54 Å². The normalized spacial score (nSPS) is 13.4. The quantitative estimate of drug-likeness (QED) is 0.760. The molecule has 2 aromatic carbocycles. The van der Waals surface area contributed by atoms with E-state index >= 15 is 0 Å². The molecule has 6 nitrogen and oxygen atoms in total. The molecule has 1 aromatic heterocycles. The predicted octanol–water partition coefficient (Wildman–Crippen LogP) is 2.21. The first-order chi connectivity index (χ1) is 12.6. The second-order valence-corrected chi connectivity index (χ2v) is 6.58. The second kappa shape index (κ2) is 6.63. The minimum Gasteiger partial charge on any atom is -0.324 e. The van der Waals surface area contributed by atoms with Gasteiger partial charge in [-0.25, -0.2) is 4.68 Å². The van der Waals surface area contributed by atoms with Crippen molar-refractivity contribution in [3.8, 4) is 0 Å². The van der Waals surface area contributed by atoms with Gasteiger partial charge >= 0.3 is 0 Å². The lowest BCUT2D eigenvalue weighted by Crippen LogP contribution is -2.34. The van der Waals surface area contributed by atoms with Gasteiger partial charge in [0.2, 0.25) is 5.91 Å². The molecule has 0 radical (unpaired) electrons. The summed E-state index contributed by atoms with van der Waals surface area (Å²) < 4.78 is 1.06. The number of aromatic nitrogens is 2. The Bertz CT molecular complexity index is 1110. The van der Waals surface area contributed by atoms with E-state index in [4.69, 9.17) is 0 Å². The van der Waals surface area contributed by atoms with E-state index in [-0.39, 0.29) is 23.6 Å². The number of carbonyl (C=O) groups excluding carboxylic acids is 1. The SMILES string of the molecule is O=C(Cn1[nH]c(=O)c2ccccc2c1=O)Nc1cccc2c1CCCC2. The molecule has 0 aliphatic heterocycles. The molecule has 0 unspecified atom stereocenters. The average Bonchev–Trinajstić information content (AvgIpc) is 2.66. The molecule has 0 atom stereocenters. The molecule has 1 heterocycles. The molecular formula is C20H19N3O3. The van der Waals surface area contributed by atoms with Gasteiger partial charge in [-0.3, -0.25) is 19.5 Å². The molecule has 26 heavy (non-hydrogen) atoms. The van der Waals surface area contributed by atoms with Crippen LogP contribution in [0.2, 0.25) is 0 Å². The number of aryl methyl sites for hydroxylation is 1. The van der Waals surface area contributed by atoms with E-state index < -0.39 is 0 Å². The van der Waals surface area contributed by atoms with Crippen LogP contribution in [-0.2, 0) is 24.2 Å². The van der Waals surface area contributed by atoms with E-state index in [0.717, 1.165) is 36.1 Å². The molecule has 1 aliphatic carbocycles. The van der Waals surface area contributed by atoms with Gasteiger partial charge in [0.25, 0.3) is 11.1 Å². The number of anilines is 1. The Morgan fingerprint density at radius 2 is 1.77 bits per heavy atom. The summed E-state index contributed by atoms with van der Waals surface area (Å²) in [5.74, 6) is -0.336. The summed E-state index contributed by atoms with van der Waals surface area (Å²) in [5.41, 5.74) is 2.47. The van der Waals surface area contributed by atoms with Crippen LogP contribution in [0.4, 0.5) is 5.69 Å². The van der Waals surface area contributed by atoms with Gasteiger partial charge in [-0.1, -0.05) is 24.3 Å². The van der Waals surface area contributed by atoms with Gasteiger partial charge in [0.05, 0.1) is 10.8 Å². The van der Waals surface area contributed by atoms with Crippen molar-refractivity contribution in [2.75, 3.05) is 5.32 Å². The van der Waals surface area contributed by atoms with Crippen molar-refractivity contribution in [1.82, 2.24) is 9.78 Å². The molecule has 0 saturated heterocycles. The molecule has 1 aliphatic rings. The average molecular weight is 349 g/mol. The lowest BCUT2D eigenvalue weighted by atomic mass is 9.90. The number of rotatable bonds is 3. The number of fused-ring (bicyclic) bond motifs is 2. The third-order valence-electron chi connectivity index (χ3n) is 4.86. The number of nitrogens with one attached hydrogen (secondary N) is 2. The highest BCUT2D eigenvalue weighted by Gasteiger charge is 2.15. The van der Waals surface area contributed by atoms with Crippen LogP contribution in [-0.4, -0.2) is 15.7 Å². The van der Waals surface area contributed by atoms with Crippen molar-refractivity contribution >= 4 is 22.4 Å². The number of nitrogens with zero attached hydrogens (tertiary/aromatic N) is 1. The van der Waals surface area contributed by atoms with Crippen molar-refractivity contribution in [3.05, 3.63) is 74.3 Å². The van der Waals surface area contributed by atoms with Crippen molar-refractivity contribution in [2.24, 2.45) is 0 Å². The van der Waals surface area contributed by atoms with E-state index in [9.17, 15) is 14.4 Å². The zero-order valence-corrected chi connectivity index (χ0v) is 14.2. The van der Waals surface area contributed by atoms with Crippen molar-refractivity contribution in [3.63, 3.8) is 0 Å². The summed E-state index contributed by atoms with van der Waals surface area (Å²) in [7, 11) is 0. The fraction of sp³-hybridized carbons (Fsp3) is 0.250. The highest BCUT2D eigenvalue weighted by atomic mass is 16.2. The largest absolute Gasteiger partial charge is 0.324 e. The first-order valence-corrected chi connectivity index (χ1v) is 8.76. The number of H-pyrrole nitrogens is 1. The molecule has 0 spiro atoms. The number of amides is 1. The van der Waals surface area contributed by atoms with E-state index in [2.05, 4.69) is 16.5 Å². The summed E-state index contributed by atoms with van der Waals surface area (Å²) in [6.45, 7) is -0.234. The van der Waals surface area contributed by atoms with Crippen LogP contribution in [0.5, 0.6) is 0 Å². The number of hydrogen-bond donors (Lipinski definition) is 2. The molecule has 2 N–H and O–H groups in total. The maximum Gasteiger partial charge on any atom is 0.273 e. The Balaban J connectivity index is 1.62. The molecule has 4 rings (SSSR count). The lowest BCUT2D eigenvalue weighted by Gasteiger charge is -2.19. The Morgan fingerprint density at radius 1 is 1.00 bits per heavy atom. The minimum atomic E-state index is -0.384. The van der Waals surface area contributed by atoms with Gasteiger partial charge in [-0.2, -0.15) is 0 Å². The molecule has 0 saturated carbocycles. The first-order valence-electron chi connectivity index (χ1n) is 8.76. The van der Waals surface area contributed by atoms with Crippen molar-refractivity contribution in [1.29, 1.82) is 0 Å². The van der Waals surface area contributed by atoms with E-state index in [0.29, 0.717) is 10.8 Å². The van der Waals surface area contributed by atoms with Gasteiger partial charge in [-0.05, 0) is 55.0 Å². The van der Waals surface area contributed by atoms with Crippen LogP contribution < -0.4 is 16.4 Å². The van der Waals surface area contributed by atoms with Crippen LogP contribution >= 0.6 is 0 Å². The zero-order valence-electron chi connectivity index (χ0n) is 14.2. The molecule has 6 heteroatoms. The van der Waals surface area contributed by atoms with Crippen LogP contribution in [0.15, 0.2) is 52.1 Å². The molecule has 3 aromatic rings. The fourth-order valence-corrected chi connectivity index (χ4v) is 3.59. The second-order valence-electron chi connectivity index (χ2n) is 6.58. The maximum absolute atomic E-state index is 12.5. The standard InChI is InChI=1S/C20H19N3O3/c24-18(21-17-11-5-7-13-6-1-2-8-14(13)17)12-23-20(26)16-10-4-3-9-15(16)19(25)22-23/h3-5,7,9-11H,1-2,6,8,12H2,(H,21,24)(H,22,25). The summed E-state index contributed by atoms with van der Waals surface area (Å²) >= 11 is 0. The third kappa shape index (κ3) is 2.94. The summed E-state index contributed by atoms with van der Waals surface area (Å²) in [6.07, 6.45) is 4.24. The molecular weight excluding hydrogens is 330 g/mol. The fourth-order valence-electron chi connectivity index (χ4n) is 3.59. The smallest absolute Gasteiger partial charge is 0.273 e. The first kappa shape index (κ1) is 16.3. The Morgan fingerprint density at radius 3 is 2.62 bits per heavy atom. The topological polar surface area (TPSA) is 84.0 Å². The highest BCUT2D eigenvalue weighted by Crippen LogP contribution is 2.27. The minimum absolute atomic E-state index is 0.234. The molecule has 132 valence electrons. The van der Waals surface area contributed by atoms with E-state index in [1.807, 2.05) is 12.1 Å². The summed E-state index contributed by atoms with van der Waals surface area (Å²) in [6, 6.07) is 12.5. The molecule has 1 amide bonds. The molecule has 0 fully saturated rings. The Labute approximate surface area is 149 Å². The van der Waals surface area contributed by atoms with E-state index in [1.54, 1.807) is 24.3 Å². The van der Waals surface area contributed by atoms with Crippen molar-refractivity contribution in [2.45, 2.75) is 32.2 Å². The lowest BCUT2D eigenvalue weighted by molar-refractivity contribution is -0.117. The van der Waals surface area contributed by atoms with Gasteiger partial charge in [0.15, 0.2) is 0 Å². The number of aromatic amines is 1. The summed E-state index contributed by atoms with van der Waals surface area (Å²) in [5, 5.41) is 6.01. The van der Waals surface area contributed by atoms with Crippen LogP contribution in [0.1, 0.15) is 24.0 Å². The Kier molecular flexibility index (Phi) is 4.16. The van der Waals surface area contributed by atoms with E-state index in [1.165, 1.54) is 11.1 Å². The van der Waals surface area contributed by atoms with Crippen molar-refractivity contribution < 1.29 is 4.79 Å². The Hall–Kier alpha value is -3.15.